The molecule has 1 N–H and O–H groups in total. The molecule has 0 amide bonds. The van der Waals surface area contributed by atoms with Crippen LogP contribution in [0, 0.1) is 0 Å². The second kappa shape index (κ2) is 9.79. The van der Waals surface area contributed by atoms with Crippen molar-refractivity contribution in [1.82, 2.24) is 9.97 Å². The Hall–Kier alpha value is -0.400. The first-order chi connectivity index (χ1) is 10.5. The minimum atomic E-state index is -4.41. The molecule has 2 aromatic rings. The molecule has 0 atom stereocenters. The fraction of sp³-hybridized carbons (Fsp3) is 0.562. The van der Waals surface area contributed by atoms with Gasteiger partial charge in [-0.2, -0.15) is 0 Å². The number of unbranched alkanes of at least 4 members (excludes halogenated alkanes) is 6. The van der Waals surface area contributed by atoms with E-state index in [9.17, 15) is 13.0 Å². The molecule has 0 radical (unpaired) electrons. The Morgan fingerprint density at radius 1 is 1.09 bits per heavy atom. The topological polar surface area (TPSA) is 85.9 Å². The molecule has 0 bridgehead atoms. The monoisotopic (exact) mass is 346 g/mol. The summed E-state index contributed by atoms with van der Waals surface area (Å²) in [5.41, 5.74) is 1.31. The Labute approximate surface area is 160 Å². The van der Waals surface area contributed by atoms with Crippen LogP contribution < -0.4 is 29.6 Å². The molecule has 0 saturated carbocycles. The maximum atomic E-state index is 11.0. The van der Waals surface area contributed by atoms with Crippen LogP contribution in [0.15, 0.2) is 23.1 Å². The predicted molar refractivity (Wildman–Crippen MR) is 85.8 cm³/mol. The second-order valence-electron chi connectivity index (χ2n) is 5.69. The molecule has 7 heteroatoms. The molecule has 5 nitrogen and oxygen atoms in total. The summed E-state index contributed by atoms with van der Waals surface area (Å²) in [5.74, 6) is 0.851. The van der Waals surface area contributed by atoms with E-state index in [4.69, 9.17) is 0 Å². The van der Waals surface area contributed by atoms with Crippen molar-refractivity contribution in [2.24, 2.45) is 0 Å². The number of nitrogens with zero attached hydrogens (tertiary/aromatic N) is 1. The Morgan fingerprint density at radius 3 is 2.39 bits per heavy atom. The normalized spacial score (nSPS) is 11.6. The molecule has 122 valence electrons. The number of aromatic amines is 1. The van der Waals surface area contributed by atoms with Gasteiger partial charge in [0.15, 0.2) is 0 Å². The predicted octanol–water partition coefficient (Wildman–Crippen LogP) is 0.764. The number of rotatable bonds is 9. The number of imidazole rings is 1. The van der Waals surface area contributed by atoms with E-state index in [1.807, 2.05) is 0 Å². The van der Waals surface area contributed by atoms with Crippen LogP contribution in [0.25, 0.3) is 11.0 Å². The van der Waals surface area contributed by atoms with Gasteiger partial charge in [0.25, 0.3) is 0 Å². The molecule has 0 saturated heterocycles. The molecule has 1 aromatic carbocycles. The van der Waals surface area contributed by atoms with Gasteiger partial charge in [-0.15, -0.1) is 0 Å². The first kappa shape index (κ1) is 20.6. The van der Waals surface area contributed by atoms with Crippen molar-refractivity contribution in [2.45, 2.75) is 63.2 Å². The third kappa shape index (κ3) is 6.55. The van der Waals surface area contributed by atoms with Crippen molar-refractivity contribution in [3.05, 3.63) is 24.0 Å². The summed E-state index contributed by atoms with van der Waals surface area (Å²) >= 11 is 0. The van der Waals surface area contributed by atoms with E-state index >= 15 is 0 Å². The van der Waals surface area contributed by atoms with Crippen molar-refractivity contribution in [3.8, 4) is 0 Å². The molecule has 0 aliphatic rings. The molecule has 0 spiro atoms. The van der Waals surface area contributed by atoms with Crippen LogP contribution in [0.5, 0.6) is 0 Å². The Balaban J connectivity index is 0.00000264. The number of fused-ring (bicyclic) bond motifs is 1. The molecule has 0 fully saturated rings. The van der Waals surface area contributed by atoms with Crippen LogP contribution in [-0.2, 0) is 16.5 Å². The zero-order chi connectivity index (χ0) is 16.0. The number of benzene rings is 1. The number of H-pyrrole nitrogens is 1. The van der Waals surface area contributed by atoms with Crippen LogP contribution in [0.2, 0.25) is 0 Å². The molecule has 0 unspecified atom stereocenters. The summed E-state index contributed by atoms with van der Waals surface area (Å²) in [6.07, 6.45) is 9.53. The molecule has 1 aromatic heterocycles. The molecule has 23 heavy (non-hydrogen) atoms. The van der Waals surface area contributed by atoms with Crippen LogP contribution in [0.1, 0.15) is 57.7 Å². The summed E-state index contributed by atoms with van der Waals surface area (Å²) in [4.78, 5) is 7.32. The smallest absolute Gasteiger partial charge is 0.744 e. The summed E-state index contributed by atoms with van der Waals surface area (Å²) < 4.78 is 33.0. The van der Waals surface area contributed by atoms with Gasteiger partial charge in [0.05, 0.1) is 15.9 Å². The maximum Gasteiger partial charge on any atom is 1.00 e. The van der Waals surface area contributed by atoms with Crippen LogP contribution in [0.4, 0.5) is 0 Å². The molecule has 2 rings (SSSR count). The van der Waals surface area contributed by atoms with E-state index in [2.05, 4.69) is 16.9 Å². The zero-order valence-electron chi connectivity index (χ0n) is 14.0. The van der Waals surface area contributed by atoms with Gasteiger partial charge in [-0.25, -0.2) is 13.4 Å². The van der Waals surface area contributed by atoms with E-state index in [1.165, 1.54) is 50.7 Å². The molecule has 0 aliphatic heterocycles. The van der Waals surface area contributed by atoms with E-state index < -0.39 is 10.1 Å². The first-order valence-corrected chi connectivity index (χ1v) is 9.36. The van der Waals surface area contributed by atoms with Crippen molar-refractivity contribution < 1.29 is 42.5 Å². The largest absolute Gasteiger partial charge is 1.00 e. The van der Waals surface area contributed by atoms with Gasteiger partial charge in [0, 0.05) is 6.42 Å². The number of nitrogens with one attached hydrogen (secondary N) is 1. The van der Waals surface area contributed by atoms with Gasteiger partial charge in [0.1, 0.15) is 15.9 Å². The Morgan fingerprint density at radius 2 is 1.74 bits per heavy atom. The van der Waals surface area contributed by atoms with Crippen LogP contribution in [-0.4, -0.2) is 22.9 Å². The van der Waals surface area contributed by atoms with Crippen molar-refractivity contribution in [3.63, 3.8) is 0 Å². The standard InChI is InChI=1S/C16H24N2O3S.Na/c1-2-3-4-5-6-7-8-9-16-17-14-11-10-13(22(19,20)21)12-15(14)18-16;/h10-12H,2-9H2,1H3,(H,17,18)(H,19,20,21);/q;+1/p-1. The van der Waals surface area contributed by atoms with Gasteiger partial charge >= 0.3 is 29.6 Å². The van der Waals surface area contributed by atoms with E-state index in [0.717, 1.165) is 18.7 Å². The number of hydrogen-bond acceptors (Lipinski definition) is 4. The minimum absolute atomic E-state index is 0. The Kier molecular flexibility index (Phi) is 8.79. The zero-order valence-corrected chi connectivity index (χ0v) is 16.8. The number of hydrogen-bond donors (Lipinski definition) is 1. The third-order valence-electron chi connectivity index (χ3n) is 3.81. The second-order valence-corrected chi connectivity index (χ2v) is 7.07. The average Bonchev–Trinajstić information content (AvgIpc) is 2.87. The SMILES string of the molecule is CCCCCCCCCc1nc2ccc(S(=O)(=O)[O-])cc2[nH]1.[Na+]. The molecule has 1 heterocycles. The quantitative estimate of drug-likeness (QED) is 0.413. The molecular formula is C16H23N2NaO3S. The Bertz CT molecular complexity index is 713. The number of aromatic nitrogens is 2. The van der Waals surface area contributed by atoms with Gasteiger partial charge in [-0.05, 0) is 24.6 Å². The van der Waals surface area contributed by atoms with Crippen LogP contribution >= 0.6 is 0 Å². The minimum Gasteiger partial charge on any atom is -0.744 e. The van der Waals surface area contributed by atoms with E-state index in [-0.39, 0.29) is 34.5 Å². The summed E-state index contributed by atoms with van der Waals surface area (Å²) in [6.45, 7) is 2.21. The van der Waals surface area contributed by atoms with Gasteiger partial charge in [-0.1, -0.05) is 45.4 Å². The average molecular weight is 346 g/mol. The summed E-state index contributed by atoms with van der Waals surface area (Å²) in [6, 6.07) is 4.24. The summed E-state index contributed by atoms with van der Waals surface area (Å²) in [7, 11) is -4.41. The molecule has 0 aliphatic carbocycles. The first-order valence-electron chi connectivity index (χ1n) is 7.95. The van der Waals surface area contributed by atoms with Crippen molar-refractivity contribution in [1.29, 1.82) is 0 Å². The maximum absolute atomic E-state index is 11.0. The molecular weight excluding hydrogens is 323 g/mol. The van der Waals surface area contributed by atoms with Gasteiger partial charge in [-0.3, -0.25) is 0 Å². The summed E-state index contributed by atoms with van der Waals surface area (Å²) in [5, 5.41) is 0. The fourth-order valence-corrected chi connectivity index (χ4v) is 3.06. The van der Waals surface area contributed by atoms with E-state index in [0.29, 0.717) is 11.0 Å². The fourth-order valence-electron chi connectivity index (χ4n) is 2.57. The van der Waals surface area contributed by atoms with Crippen LogP contribution in [0.3, 0.4) is 0 Å². The van der Waals surface area contributed by atoms with Crippen molar-refractivity contribution >= 4 is 21.2 Å². The van der Waals surface area contributed by atoms with Crippen molar-refractivity contribution in [2.75, 3.05) is 0 Å². The van der Waals surface area contributed by atoms with E-state index in [1.54, 1.807) is 6.07 Å². The van der Waals surface area contributed by atoms with Gasteiger partial charge in [0.2, 0.25) is 0 Å². The van der Waals surface area contributed by atoms with Gasteiger partial charge < -0.3 is 9.54 Å². The number of aryl methyl sites for hydroxylation is 1. The third-order valence-corrected chi connectivity index (χ3v) is 4.64.